The lowest BCUT2D eigenvalue weighted by Gasteiger charge is -2.34. The molecule has 1 N–H and O–H groups in total. The maximum absolute atomic E-state index is 11.9. The van der Waals surface area contributed by atoms with Gasteiger partial charge in [0.05, 0.1) is 24.8 Å². The van der Waals surface area contributed by atoms with Gasteiger partial charge in [0.15, 0.2) is 5.96 Å². The van der Waals surface area contributed by atoms with E-state index in [1.165, 1.54) is 5.56 Å². The third kappa shape index (κ3) is 6.63. The summed E-state index contributed by atoms with van der Waals surface area (Å²) in [6.45, 7) is 4.65. The van der Waals surface area contributed by atoms with E-state index in [4.69, 9.17) is 4.74 Å². The molecule has 1 aliphatic rings. The molecule has 1 aromatic heterocycles. The van der Waals surface area contributed by atoms with Gasteiger partial charge in [-0.3, -0.25) is 14.5 Å². The Labute approximate surface area is 179 Å². The van der Waals surface area contributed by atoms with E-state index in [9.17, 15) is 4.79 Å². The van der Waals surface area contributed by atoms with Gasteiger partial charge in [0, 0.05) is 45.5 Å². The van der Waals surface area contributed by atoms with Gasteiger partial charge >= 0.3 is 5.97 Å². The van der Waals surface area contributed by atoms with Crippen LogP contribution in [-0.2, 0) is 16.6 Å². The van der Waals surface area contributed by atoms with Crippen molar-refractivity contribution in [3.63, 3.8) is 0 Å². The highest BCUT2D eigenvalue weighted by Crippen LogP contribution is 2.20. The fraction of sp³-hybridized carbons (Fsp3) is 0.722. The SMILES string of the molecule is CCOC(=O)C1CCN(C(=NC)NCC(c2cnn(C)c2)N(C)C)CC1.I. The monoisotopic (exact) mass is 492 g/mol. The van der Waals surface area contributed by atoms with Crippen LogP contribution in [0.5, 0.6) is 0 Å². The number of aryl methyl sites for hydroxylation is 1. The average Bonchev–Trinajstić information content (AvgIpc) is 3.05. The molecule has 1 aromatic rings. The number of aromatic nitrogens is 2. The average molecular weight is 492 g/mol. The van der Waals surface area contributed by atoms with Gasteiger partial charge < -0.3 is 19.9 Å². The lowest BCUT2D eigenvalue weighted by Crippen LogP contribution is -2.48. The third-order valence-electron chi connectivity index (χ3n) is 4.81. The van der Waals surface area contributed by atoms with E-state index in [-0.39, 0.29) is 41.9 Å². The Balaban J connectivity index is 0.00000364. The van der Waals surface area contributed by atoms with Gasteiger partial charge in [-0.05, 0) is 33.9 Å². The molecule has 0 saturated carbocycles. The van der Waals surface area contributed by atoms with Crippen LogP contribution in [0, 0.1) is 5.92 Å². The second-order valence-corrected chi connectivity index (χ2v) is 6.87. The molecule has 8 nitrogen and oxygen atoms in total. The van der Waals surface area contributed by atoms with Crippen molar-refractivity contribution in [2.24, 2.45) is 18.0 Å². The van der Waals surface area contributed by atoms with Crippen LogP contribution in [0.2, 0.25) is 0 Å². The summed E-state index contributed by atoms with van der Waals surface area (Å²) in [4.78, 5) is 20.7. The van der Waals surface area contributed by atoms with Gasteiger partial charge in [-0.2, -0.15) is 5.10 Å². The number of likely N-dealkylation sites (tertiary alicyclic amines) is 1. The Bertz CT molecular complexity index is 611. The summed E-state index contributed by atoms with van der Waals surface area (Å²) < 4.78 is 6.96. The number of aliphatic imine (C=N–C) groups is 1. The van der Waals surface area contributed by atoms with Crippen LogP contribution in [0.4, 0.5) is 0 Å². The van der Waals surface area contributed by atoms with Crippen molar-refractivity contribution in [3.8, 4) is 0 Å². The van der Waals surface area contributed by atoms with Crippen LogP contribution < -0.4 is 5.32 Å². The van der Waals surface area contributed by atoms with Crippen molar-refractivity contribution in [2.75, 3.05) is 47.4 Å². The molecule has 0 amide bonds. The fourth-order valence-electron chi connectivity index (χ4n) is 3.32. The van der Waals surface area contributed by atoms with Gasteiger partial charge in [-0.15, -0.1) is 24.0 Å². The predicted molar refractivity (Wildman–Crippen MR) is 117 cm³/mol. The molecule has 1 unspecified atom stereocenters. The van der Waals surface area contributed by atoms with Crippen molar-refractivity contribution >= 4 is 35.9 Å². The molecule has 1 saturated heterocycles. The molecule has 1 atom stereocenters. The van der Waals surface area contributed by atoms with E-state index in [0.29, 0.717) is 6.61 Å². The number of rotatable bonds is 6. The number of hydrogen-bond acceptors (Lipinski definition) is 5. The number of nitrogens with one attached hydrogen (secondary N) is 1. The highest BCUT2D eigenvalue weighted by atomic mass is 127. The normalized spacial score (nSPS) is 16.8. The number of likely N-dealkylation sites (N-methyl/N-ethyl adjacent to an activating group) is 1. The quantitative estimate of drug-likeness (QED) is 0.281. The molecular weight excluding hydrogens is 459 g/mol. The maximum atomic E-state index is 11.9. The smallest absolute Gasteiger partial charge is 0.309 e. The first-order valence-electron chi connectivity index (χ1n) is 9.23. The van der Waals surface area contributed by atoms with Crippen LogP contribution >= 0.6 is 24.0 Å². The molecule has 2 rings (SSSR count). The largest absolute Gasteiger partial charge is 0.466 e. The highest BCUT2D eigenvalue weighted by molar-refractivity contribution is 14.0. The molecular formula is C18H33IN6O2. The van der Waals surface area contributed by atoms with E-state index in [1.807, 2.05) is 31.0 Å². The number of piperidine rings is 1. The van der Waals surface area contributed by atoms with Crippen LogP contribution in [0.3, 0.4) is 0 Å². The topological polar surface area (TPSA) is 75.0 Å². The molecule has 27 heavy (non-hydrogen) atoms. The molecule has 0 radical (unpaired) electrons. The van der Waals surface area contributed by atoms with E-state index < -0.39 is 0 Å². The first kappa shape index (κ1) is 23.7. The van der Waals surface area contributed by atoms with Crippen LogP contribution in [0.25, 0.3) is 0 Å². The summed E-state index contributed by atoms with van der Waals surface area (Å²) in [5, 5.41) is 7.75. The first-order chi connectivity index (χ1) is 12.5. The van der Waals surface area contributed by atoms with Gasteiger partial charge in [0.1, 0.15) is 0 Å². The van der Waals surface area contributed by atoms with Crippen LogP contribution in [0.15, 0.2) is 17.4 Å². The summed E-state index contributed by atoms with van der Waals surface area (Å²) in [7, 11) is 7.85. The molecule has 0 bridgehead atoms. The molecule has 154 valence electrons. The van der Waals surface area contributed by atoms with E-state index >= 15 is 0 Å². The first-order valence-corrected chi connectivity index (χ1v) is 9.23. The highest BCUT2D eigenvalue weighted by Gasteiger charge is 2.27. The lowest BCUT2D eigenvalue weighted by molar-refractivity contribution is -0.149. The van der Waals surface area contributed by atoms with Crippen LogP contribution in [0.1, 0.15) is 31.4 Å². The van der Waals surface area contributed by atoms with Gasteiger partial charge in [-0.1, -0.05) is 0 Å². The summed E-state index contributed by atoms with van der Waals surface area (Å²) >= 11 is 0. The number of esters is 1. The predicted octanol–water partition coefficient (Wildman–Crippen LogP) is 1.49. The van der Waals surface area contributed by atoms with Crippen molar-refractivity contribution in [2.45, 2.75) is 25.8 Å². The van der Waals surface area contributed by atoms with Crippen molar-refractivity contribution < 1.29 is 9.53 Å². The Morgan fingerprint density at radius 1 is 1.44 bits per heavy atom. The number of carbonyl (C=O) groups excluding carboxylic acids is 1. The van der Waals surface area contributed by atoms with Crippen LogP contribution in [-0.4, -0.2) is 78.9 Å². The van der Waals surface area contributed by atoms with E-state index in [1.54, 1.807) is 7.05 Å². The van der Waals surface area contributed by atoms with E-state index in [2.05, 4.69) is 39.3 Å². The zero-order chi connectivity index (χ0) is 19.1. The molecule has 9 heteroatoms. The minimum Gasteiger partial charge on any atom is -0.466 e. The second kappa shape index (κ2) is 11.5. The Morgan fingerprint density at radius 2 is 2.11 bits per heavy atom. The number of guanidine groups is 1. The minimum absolute atomic E-state index is 0. The van der Waals surface area contributed by atoms with Crippen molar-refractivity contribution in [1.29, 1.82) is 0 Å². The Hall–Kier alpha value is -1.36. The fourth-order valence-corrected chi connectivity index (χ4v) is 3.32. The minimum atomic E-state index is -0.0701. The third-order valence-corrected chi connectivity index (χ3v) is 4.81. The Morgan fingerprint density at radius 3 is 2.59 bits per heavy atom. The molecule has 2 heterocycles. The summed E-state index contributed by atoms with van der Waals surface area (Å²) in [5.41, 5.74) is 1.17. The number of ether oxygens (including phenoxy) is 1. The van der Waals surface area contributed by atoms with Gasteiger partial charge in [0.2, 0.25) is 0 Å². The van der Waals surface area contributed by atoms with Gasteiger partial charge in [-0.25, -0.2) is 0 Å². The number of halogens is 1. The number of hydrogen-bond donors (Lipinski definition) is 1. The molecule has 1 aliphatic heterocycles. The standard InChI is InChI=1S/C18H32N6O2.HI/c1-6-26-17(25)14-7-9-24(10-8-14)18(19-2)20-12-16(22(3)4)15-11-21-23(5)13-15;/h11,13-14,16H,6-10,12H2,1-5H3,(H,19,20);1H. The van der Waals surface area contributed by atoms with Crippen molar-refractivity contribution in [3.05, 3.63) is 18.0 Å². The summed E-state index contributed by atoms with van der Waals surface area (Å²) in [6.07, 6.45) is 5.55. The zero-order valence-electron chi connectivity index (χ0n) is 17.0. The maximum Gasteiger partial charge on any atom is 0.309 e. The summed E-state index contributed by atoms with van der Waals surface area (Å²) in [6, 6.07) is 0.206. The zero-order valence-corrected chi connectivity index (χ0v) is 19.3. The van der Waals surface area contributed by atoms with E-state index in [0.717, 1.165) is 38.4 Å². The molecule has 0 aromatic carbocycles. The summed E-state index contributed by atoms with van der Waals surface area (Å²) in [5.74, 6) is 0.816. The van der Waals surface area contributed by atoms with Gasteiger partial charge in [0.25, 0.3) is 0 Å². The molecule has 1 fully saturated rings. The Kier molecular flexibility index (Phi) is 10.1. The second-order valence-electron chi connectivity index (χ2n) is 6.87. The number of nitrogens with zero attached hydrogens (tertiary/aromatic N) is 5. The molecule has 0 aliphatic carbocycles. The van der Waals surface area contributed by atoms with Crippen molar-refractivity contribution in [1.82, 2.24) is 24.9 Å². The lowest BCUT2D eigenvalue weighted by atomic mass is 9.97. The number of carbonyl (C=O) groups is 1. The molecule has 0 spiro atoms.